The minimum absolute atomic E-state index is 0.000605. The number of carbonyl (C=O) groups excluding carboxylic acids is 1. The van der Waals surface area contributed by atoms with Gasteiger partial charge in [-0.3, -0.25) is 4.79 Å². The van der Waals surface area contributed by atoms with Crippen LogP contribution in [0.25, 0.3) is 0 Å². The van der Waals surface area contributed by atoms with Crippen molar-refractivity contribution in [2.45, 2.75) is 11.3 Å². The highest BCUT2D eigenvalue weighted by Gasteiger charge is 2.08. The number of amides is 1. The van der Waals surface area contributed by atoms with Crippen molar-refractivity contribution >= 4 is 21.6 Å². The van der Waals surface area contributed by atoms with Crippen LogP contribution >= 0.6 is 0 Å². The number of sulfonamides is 1. The lowest BCUT2D eigenvalue weighted by atomic mass is 10.1. The Morgan fingerprint density at radius 3 is 2.18 bits per heavy atom. The highest BCUT2D eigenvalue weighted by Crippen LogP contribution is 2.14. The number of hydrogen-bond acceptors (Lipinski definition) is 4. The molecule has 6 nitrogen and oxygen atoms in total. The maximum absolute atomic E-state index is 11.9. The molecule has 0 spiro atoms. The first-order valence-electron chi connectivity index (χ1n) is 6.44. The molecule has 0 saturated heterocycles. The standard InChI is InChI=1S/C15H16N2O4S/c1-21-13-6-2-11(3-7-13)10-15(18)17-12-4-8-14(9-5-12)22(16,19)20/h2-9H,10H2,1H3,(H,17,18)(H2,16,19,20). The molecule has 0 aromatic heterocycles. The molecule has 0 aliphatic heterocycles. The van der Waals surface area contributed by atoms with Crippen molar-refractivity contribution in [2.75, 3.05) is 12.4 Å². The SMILES string of the molecule is COc1ccc(CC(=O)Nc2ccc(S(N)(=O)=O)cc2)cc1. The van der Waals surface area contributed by atoms with Crippen molar-refractivity contribution in [1.82, 2.24) is 0 Å². The summed E-state index contributed by atoms with van der Waals surface area (Å²) in [5, 5.41) is 7.70. The minimum Gasteiger partial charge on any atom is -0.497 e. The summed E-state index contributed by atoms with van der Waals surface area (Å²) in [6.45, 7) is 0. The number of carbonyl (C=O) groups is 1. The fourth-order valence-electron chi connectivity index (χ4n) is 1.86. The van der Waals surface area contributed by atoms with E-state index in [-0.39, 0.29) is 17.2 Å². The molecule has 0 saturated carbocycles. The highest BCUT2D eigenvalue weighted by atomic mass is 32.2. The molecule has 0 aliphatic carbocycles. The van der Waals surface area contributed by atoms with Gasteiger partial charge in [0.2, 0.25) is 15.9 Å². The van der Waals surface area contributed by atoms with Gasteiger partial charge in [0.1, 0.15) is 5.75 Å². The summed E-state index contributed by atoms with van der Waals surface area (Å²) in [6.07, 6.45) is 0.209. The Kier molecular flexibility index (Phi) is 4.79. The molecule has 22 heavy (non-hydrogen) atoms. The average Bonchev–Trinajstić information content (AvgIpc) is 2.47. The minimum atomic E-state index is -3.73. The van der Waals surface area contributed by atoms with Crippen molar-refractivity contribution in [2.24, 2.45) is 5.14 Å². The molecule has 1 amide bonds. The van der Waals surface area contributed by atoms with Crippen molar-refractivity contribution in [1.29, 1.82) is 0 Å². The first-order valence-corrected chi connectivity index (χ1v) is 7.99. The fourth-order valence-corrected chi connectivity index (χ4v) is 2.38. The van der Waals surface area contributed by atoms with Crippen LogP contribution in [0.2, 0.25) is 0 Å². The van der Waals surface area contributed by atoms with Gasteiger partial charge in [0.15, 0.2) is 0 Å². The Bertz CT molecular complexity index is 753. The summed E-state index contributed by atoms with van der Waals surface area (Å²) in [6, 6.07) is 12.9. The van der Waals surface area contributed by atoms with Gasteiger partial charge < -0.3 is 10.1 Å². The maximum Gasteiger partial charge on any atom is 0.238 e. The van der Waals surface area contributed by atoms with Crippen LogP contribution in [0.3, 0.4) is 0 Å². The molecule has 116 valence electrons. The van der Waals surface area contributed by atoms with E-state index in [0.717, 1.165) is 11.3 Å². The molecule has 2 aromatic rings. The number of rotatable bonds is 5. The summed E-state index contributed by atoms with van der Waals surface area (Å²) in [5.74, 6) is 0.524. The maximum atomic E-state index is 11.9. The Morgan fingerprint density at radius 2 is 1.68 bits per heavy atom. The largest absolute Gasteiger partial charge is 0.497 e. The van der Waals surface area contributed by atoms with E-state index in [1.54, 1.807) is 19.2 Å². The van der Waals surface area contributed by atoms with Gasteiger partial charge in [0, 0.05) is 5.69 Å². The van der Waals surface area contributed by atoms with Crippen LogP contribution in [-0.2, 0) is 21.2 Å². The molecular formula is C15H16N2O4S. The number of nitrogens with two attached hydrogens (primary N) is 1. The number of nitrogens with one attached hydrogen (secondary N) is 1. The van der Waals surface area contributed by atoms with E-state index in [4.69, 9.17) is 9.88 Å². The first-order chi connectivity index (χ1) is 10.4. The third kappa shape index (κ3) is 4.31. The lowest BCUT2D eigenvalue weighted by molar-refractivity contribution is -0.115. The van der Waals surface area contributed by atoms with Crippen LogP contribution < -0.4 is 15.2 Å². The Morgan fingerprint density at radius 1 is 1.09 bits per heavy atom. The van der Waals surface area contributed by atoms with Gasteiger partial charge >= 0.3 is 0 Å². The number of ether oxygens (including phenoxy) is 1. The molecule has 0 bridgehead atoms. The molecule has 0 heterocycles. The van der Waals surface area contributed by atoms with Gasteiger partial charge in [-0.2, -0.15) is 0 Å². The number of hydrogen-bond donors (Lipinski definition) is 2. The van der Waals surface area contributed by atoms with Gasteiger partial charge in [-0.15, -0.1) is 0 Å². The lowest BCUT2D eigenvalue weighted by Gasteiger charge is -2.07. The van der Waals surface area contributed by atoms with E-state index < -0.39 is 10.0 Å². The number of anilines is 1. The van der Waals surface area contributed by atoms with Gasteiger partial charge in [0.05, 0.1) is 18.4 Å². The zero-order valence-corrected chi connectivity index (χ0v) is 12.8. The third-order valence-corrected chi connectivity index (χ3v) is 3.92. The smallest absolute Gasteiger partial charge is 0.238 e. The predicted molar refractivity (Wildman–Crippen MR) is 83.1 cm³/mol. The lowest BCUT2D eigenvalue weighted by Crippen LogP contribution is -2.15. The fraction of sp³-hybridized carbons (Fsp3) is 0.133. The molecule has 0 aliphatic rings. The van der Waals surface area contributed by atoms with Crippen molar-refractivity contribution < 1.29 is 17.9 Å². The van der Waals surface area contributed by atoms with Crippen LogP contribution in [-0.4, -0.2) is 21.4 Å². The molecule has 0 fully saturated rings. The second kappa shape index (κ2) is 6.59. The van der Waals surface area contributed by atoms with Crippen LogP contribution in [0, 0.1) is 0 Å². The summed E-state index contributed by atoms with van der Waals surface area (Å²) in [5.41, 5.74) is 1.35. The van der Waals surface area contributed by atoms with Crippen LogP contribution in [0.1, 0.15) is 5.56 Å². The number of methoxy groups -OCH3 is 1. The second-order valence-electron chi connectivity index (χ2n) is 4.64. The molecule has 0 atom stereocenters. The summed E-state index contributed by atoms with van der Waals surface area (Å²) < 4.78 is 27.3. The molecule has 3 N–H and O–H groups in total. The van der Waals surface area contributed by atoms with Crippen LogP contribution in [0.4, 0.5) is 5.69 Å². The molecule has 0 unspecified atom stereocenters. The average molecular weight is 320 g/mol. The molecule has 2 aromatic carbocycles. The topological polar surface area (TPSA) is 98.5 Å². The molecule has 0 radical (unpaired) electrons. The van der Waals surface area contributed by atoms with E-state index >= 15 is 0 Å². The van der Waals surface area contributed by atoms with Crippen molar-refractivity contribution in [3.63, 3.8) is 0 Å². The Hall–Kier alpha value is -2.38. The summed E-state index contributed by atoms with van der Waals surface area (Å²) in [7, 11) is -2.15. The number of primary sulfonamides is 1. The molecular weight excluding hydrogens is 304 g/mol. The van der Waals surface area contributed by atoms with E-state index in [2.05, 4.69) is 5.32 Å². The van der Waals surface area contributed by atoms with Gasteiger partial charge in [-0.25, -0.2) is 13.6 Å². The van der Waals surface area contributed by atoms with Crippen molar-refractivity contribution in [3.8, 4) is 5.75 Å². The Balaban J connectivity index is 1.99. The normalized spacial score (nSPS) is 11.0. The van der Waals surface area contributed by atoms with Crippen molar-refractivity contribution in [3.05, 3.63) is 54.1 Å². The van der Waals surface area contributed by atoms with E-state index in [1.807, 2.05) is 12.1 Å². The predicted octanol–water partition coefficient (Wildman–Crippen LogP) is 1.52. The Labute approximate surface area is 129 Å². The van der Waals surface area contributed by atoms with Gasteiger partial charge in [-0.1, -0.05) is 12.1 Å². The van der Waals surface area contributed by atoms with Crippen LogP contribution in [0.5, 0.6) is 5.75 Å². The van der Waals surface area contributed by atoms with E-state index in [0.29, 0.717) is 5.69 Å². The first kappa shape index (κ1) is 16.0. The summed E-state index contributed by atoms with van der Waals surface area (Å²) in [4.78, 5) is 11.9. The van der Waals surface area contributed by atoms with Crippen LogP contribution in [0.15, 0.2) is 53.4 Å². The van der Waals surface area contributed by atoms with Gasteiger partial charge in [0.25, 0.3) is 0 Å². The second-order valence-corrected chi connectivity index (χ2v) is 6.20. The van der Waals surface area contributed by atoms with E-state index in [1.165, 1.54) is 24.3 Å². The zero-order chi connectivity index (χ0) is 16.2. The number of benzene rings is 2. The molecule has 2 rings (SSSR count). The molecule has 7 heteroatoms. The highest BCUT2D eigenvalue weighted by molar-refractivity contribution is 7.89. The quantitative estimate of drug-likeness (QED) is 0.872. The van der Waals surface area contributed by atoms with Gasteiger partial charge in [-0.05, 0) is 42.0 Å². The third-order valence-electron chi connectivity index (χ3n) is 2.99. The zero-order valence-electron chi connectivity index (χ0n) is 11.9. The monoisotopic (exact) mass is 320 g/mol. The van der Waals surface area contributed by atoms with E-state index in [9.17, 15) is 13.2 Å². The summed E-state index contributed by atoms with van der Waals surface area (Å²) >= 11 is 0.